The molecule has 1 heterocycles. The molecule has 0 saturated carbocycles. The van der Waals surface area contributed by atoms with Gasteiger partial charge in [0.15, 0.2) is 0 Å². The molecule has 1 aliphatic rings. The molecule has 20 heavy (non-hydrogen) atoms. The van der Waals surface area contributed by atoms with Crippen LogP contribution in [0.1, 0.15) is 15.9 Å². The van der Waals surface area contributed by atoms with Crippen molar-refractivity contribution in [3.63, 3.8) is 0 Å². The van der Waals surface area contributed by atoms with Crippen molar-refractivity contribution < 1.29 is 4.79 Å². The van der Waals surface area contributed by atoms with Gasteiger partial charge in [0.1, 0.15) is 0 Å². The lowest BCUT2D eigenvalue weighted by atomic mass is 10.1. The molecule has 6 heteroatoms. The lowest BCUT2D eigenvalue weighted by molar-refractivity contribution is 0.0946. The first-order valence-electron chi connectivity index (χ1n) is 6.65. The zero-order valence-electron chi connectivity index (χ0n) is 11.6. The minimum Gasteiger partial charge on any atom is -0.351 e. The minimum absolute atomic E-state index is 0. The van der Waals surface area contributed by atoms with Gasteiger partial charge in [0, 0.05) is 48.4 Å². The van der Waals surface area contributed by atoms with Gasteiger partial charge >= 0.3 is 0 Å². The molecule has 1 amide bonds. The van der Waals surface area contributed by atoms with Crippen LogP contribution in [0.5, 0.6) is 0 Å². The summed E-state index contributed by atoms with van der Waals surface area (Å²) in [5, 5.41) is 6.33. The highest BCUT2D eigenvalue weighted by atomic mass is 127. The molecule has 2 rings (SSSR count). The van der Waals surface area contributed by atoms with Crippen LogP contribution >= 0.6 is 35.0 Å². The van der Waals surface area contributed by atoms with E-state index in [1.807, 2.05) is 25.1 Å². The number of nitrogens with zero attached hydrogens (tertiary/aromatic N) is 1. The summed E-state index contributed by atoms with van der Waals surface area (Å²) in [6, 6.07) is 5.84. The lowest BCUT2D eigenvalue weighted by Crippen LogP contribution is -2.46. The number of halogens is 2. The summed E-state index contributed by atoms with van der Waals surface area (Å²) >= 11 is 2.26. The normalized spacial score (nSPS) is 15.5. The van der Waals surface area contributed by atoms with E-state index in [0.29, 0.717) is 6.54 Å². The Morgan fingerprint density at radius 2 is 2.10 bits per heavy atom. The van der Waals surface area contributed by atoms with Crippen molar-refractivity contribution in [1.82, 2.24) is 15.5 Å². The average Bonchev–Trinajstić information content (AvgIpc) is 2.43. The number of carbonyl (C=O) groups excluding carboxylic acids is 1. The molecule has 0 bridgehead atoms. The number of benzene rings is 1. The van der Waals surface area contributed by atoms with Crippen LogP contribution < -0.4 is 10.6 Å². The molecule has 1 aromatic rings. The molecule has 0 atom stereocenters. The second kappa shape index (κ2) is 8.81. The van der Waals surface area contributed by atoms with Gasteiger partial charge in [-0.2, -0.15) is 0 Å². The van der Waals surface area contributed by atoms with E-state index in [4.69, 9.17) is 0 Å². The monoisotopic (exact) mass is 409 g/mol. The fraction of sp³-hybridized carbons (Fsp3) is 0.500. The molecule has 0 spiro atoms. The van der Waals surface area contributed by atoms with Crippen LogP contribution in [0.2, 0.25) is 0 Å². The van der Waals surface area contributed by atoms with Crippen molar-refractivity contribution >= 4 is 40.9 Å². The summed E-state index contributed by atoms with van der Waals surface area (Å²) < 4.78 is 1.13. The summed E-state index contributed by atoms with van der Waals surface area (Å²) in [6.07, 6.45) is 0. The molecule has 1 fully saturated rings. The number of rotatable bonds is 4. The molecule has 0 aliphatic carbocycles. The lowest BCUT2D eigenvalue weighted by Gasteiger charge is -2.27. The zero-order chi connectivity index (χ0) is 13.7. The average molecular weight is 410 g/mol. The van der Waals surface area contributed by atoms with Gasteiger partial charge in [-0.15, -0.1) is 12.4 Å². The van der Waals surface area contributed by atoms with E-state index >= 15 is 0 Å². The summed E-state index contributed by atoms with van der Waals surface area (Å²) in [4.78, 5) is 14.5. The van der Waals surface area contributed by atoms with Crippen molar-refractivity contribution in [3.05, 3.63) is 32.9 Å². The molecule has 1 aromatic carbocycles. The molecular weight excluding hydrogens is 389 g/mol. The van der Waals surface area contributed by atoms with Crippen LogP contribution in [0.25, 0.3) is 0 Å². The SMILES string of the molecule is Cc1c(I)cccc1C(=O)NCCN1CCNCC1.Cl. The molecule has 0 radical (unpaired) electrons. The van der Waals surface area contributed by atoms with Crippen molar-refractivity contribution in [2.75, 3.05) is 39.3 Å². The third-order valence-electron chi connectivity index (χ3n) is 3.44. The molecule has 4 nitrogen and oxygen atoms in total. The number of piperazine rings is 1. The topological polar surface area (TPSA) is 44.4 Å². The van der Waals surface area contributed by atoms with Gasteiger partial charge in [0.2, 0.25) is 0 Å². The van der Waals surface area contributed by atoms with Crippen molar-refractivity contribution in [3.8, 4) is 0 Å². The van der Waals surface area contributed by atoms with Gasteiger partial charge < -0.3 is 10.6 Å². The fourth-order valence-corrected chi connectivity index (χ4v) is 2.71. The van der Waals surface area contributed by atoms with Gasteiger partial charge in [-0.3, -0.25) is 9.69 Å². The van der Waals surface area contributed by atoms with E-state index in [2.05, 4.69) is 38.1 Å². The molecule has 1 saturated heterocycles. The standard InChI is InChI=1S/C14H20IN3O.ClH/c1-11-12(3-2-4-13(11)15)14(19)17-7-10-18-8-5-16-6-9-18;/h2-4,16H,5-10H2,1H3,(H,17,19);1H. The zero-order valence-corrected chi connectivity index (χ0v) is 14.6. The first-order valence-corrected chi connectivity index (χ1v) is 7.73. The van der Waals surface area contributed by atoms with E-state index in [1.54, 1.807) is 0 Å². The summed E-state index contributed by atoms with van der Waals surface area (Å²) in [5.74, 6) is 0.0335. The second-order valence-electron chi connectivity index (χ2n) is 4.76. The Kier molecular flexibility index (Phi) is 7.79. The largest absolute Gasteiger partial charge is 0.351 e. The number of nitrogens with one attached hydrogen (secondary N) is 2. The van der Waals surface area contributed by atoms with Crippen LogP contribution in [-0.4, -0.2) is 50.1 Å². The Bertz CT molecular complexity index is 450. The highest BCUT2D eigenvalue weighted by molar-refractivity contribution is 14.1. The Morgan fingerprint density at radius 1 is 1.40 bits per heavy atom. The van der Waals surface area contributed by atoms with Crippen LogP contribution in [-0.2, 0) is 0 Å². The van der Waals surface area contributed by atoms with Crippen molar-refractivity contribution in [2.24, 2.45) is 0 Å². The van der Waals surface area contributed by atoms with Crippen molar-refractivity contribution in [1.29, 1.82) is 0 Å². The first-order chi connectivity index (χ1) is 9.18. The molecule has 0 unspecified atom stereocenters. The molecule has 0 aromatic heterocycles. The second-order valence-corrected chi connectivity index (χ2v) is 5.92. The number of hydrogen-bond acceptors (Lipinski definition) is 3. The number of hydrogen-bond donors (Lipinski definition) is 2. The van der Waals surface area contributed by atoms with Crippen LogP contribution in [0.15, 0.2) is 18.2 Å². The van der Waals surface area contributed by atoms with Crippen LogP contribution in [0, 0.1) is 10.5 Å². The van der Waals surface area contributed by atoms with Gasteiger partial charge in [-0.25, -0.2) is 0 Å². The predicted molar refractivity (Wildman–Crippen MR) is 92.8 cm³/mol. The summed E-state index contributed by atoms with van der Waals surface area (Å²) in [7, 11) is 0. The van der Waals surface area contributed by atoms with Crippen molar-refractivity contribution in [2.45, 2.75) is 6.92 Å². The van der Waals surface area contributed by atoms with E-state index in [-0.39, 0.29) is 18.3 Å². The van der Waals surface area contributed by atoms with E-state index in [9.17, 15) is 4.79 Å². The molecule has 1 aliphatic heterocycles. The maximum atomic E-state index is 12.1. The Hall–Kier alpha value is -0.370. The Labute approximate surface area is 140 Å². The maximum Gasteiger partial charge on any atom is 0.251 e. The Balaban J connectivity index is 0.00000200. The maximum absolute atomic E-state index is 12.1. The quantitative estimate of drug-likeness (QED) is 0.744. The van der Waals surface area contributed by atoms with E-state index < -0.39 is 0 Å². The minimum atomic E-state index is 0. The van der Waals surface area contributed by atoms with Crippen LogP contribution in [0.3, 0.4) is 0 Å². The van der Waals surface area contributed by atoms with E-state index in [0.717, 1.165) is 47.4 Å². The van der Waals surface area contributed by atoms with Gasteiger partial charge in [0.25, 0.3) is 5.91 Å². The Morgan fingerprint density at radius 3 is 2.80 bits per heavy atom. The fourth-order valence-electron chi connectivity index (χ4n) is 2.21. The highest BCUT2D eigenvalue weighted by Crippen LogP contribution is 2.15. The molecule has 2 N–H and O–H groups in total. The number of carbonyl (C=O) groups is 1. The third kappa shape index (κ3) is 4.87. The highest BCUT2D eigenvalue weighted by Gasteiger charge is 2.12. The van der Waals surface area contributed by atoms with E-state index in [1.165, 1.54) is 0 Å². The van der Waals surface area contributed by atoms with Crippen LogP contribution in [0.4, 0.5) is 0 Å². The smallest absolute Gasteiger partial charge is 0.251 e. The first kappa shape index (κ1) is 17.7. The summed E-state index contributed by atoms with van der Waals surface area (Å²) in [5.41, 5.74) is 1.84. The molecular formula is C14H21ClIN3O. The predicted octanol–water partition coefficient (Wildman–Crippen LogP) is 1.66. The van der Waals surface area contributed by atoms with Gasteiger partial charge in [-0.1, -0.05) is 6.07 Å². The summed E-state index contributed by atoms with van der Waals surface area (Å²) in [6.45, 7) is 7.86. The van der Waals surface area contributed by atoms with Gasteiger partial charge in [0.05, 0.1) is 0 Å². The third-order valence-corrected chi connectivity index (χ3v) is 4.60. The number of amides is 1. The molecule has 112 valence electrons. The van der Waals surface area contributed by atoms with Gasteiger partial charge in [-0.05, 0) is 47.2 Å².